The number of anilines is 1. The highest BCUT2D eigenvalue weighted by Gasteiger charge is 2.25. The standard InChI is InChI=1S/C19H16FN3O2/c20-15-8-3-9-16(11-15)21-18(24)14-7-2-6-13(10-14)17-22-19(25-23-17)12-4-1-5-12/h2-3,6-12H,1,4-5H2,(H,21,24). The highest BCUT2D eigenvalue weighted by atomic mass is 19.1. The maximum atomic E-state index is 13.2. The van der Waals surface area contributed by atoms with E-state index in [2.05, 4.69) is 15.5 Å². The van der Waals surface area contributed by atoms with E-state index in [0.717, 1.165) is 12.8 Å². The van der Waals surface area contributed by atoms with E-state index in [0.29, 0.717) is 34.4 Å². The lowest BCUT2D eigenvalue weighted by Crippen LogP contribution is -2.12. The molecule has 0 radical (unpaired) electrons. The van der Waals surface area contributed by atoms with E-state index in [4.69, 9.17) is 4.52 Å². The van der Waals surface area contributed by atoms with Crippen LogP contribution in [0.15, 0.2) is 53.1 Å². The van der Waals surface area contributed by atoms with Gasteiger partial charge in [-0.2, -0.15) is 4.98 Å². The molecular formula is C19H16FN3O2. The summed E-state index contributed by atoms with van der Waals surface area (Å²) in [6, 6.07) is 12.7. The van der Waals surface area contributed by atoms with Crippen molar-refractivity contribution < 1.29 is 13.7 Å². The summed E-state index contributed by atoms with van der Waals surface area (Å²) in [6.07, 6.45) is 3.35. The first-order valence-electron chi connectivity index (χ1n) is 8.20. The number of rotatable bonds is 4. The van der Waals surface area contributed by atoms with E-state index in [1.807, 2.05) is 6.07 Å². The molecule has 1 fully saturated rings. The molecule has 0 spiro atoms. The summed E-state index contributed by atoms with van der Waals surface area (Å²) in [5, 5.41) is 6.69. The number of nitrogens with one attached hydrogen (secondary N) is 1. The maximum Gasteiger partial charge on any atom is 0.255 e. The van der Waals surface area contributed by atoms with E-state index in [1.54, 1.807) is 30.3 Å². The van der Waals surface area contributed by atoms with Crippen LogP contribution >= 0.6 is 0 Å². The number of amides is 1. The number of benzene rings is 2. The molecule has 1 aromatic heterocycles. The molecule has 126 valence electrons. The number of halogens is 1. The predicted octanol–water partition coefficient (Wildman–Crippen LogP) is 4.40. The van der Waals surface area contributed by atoms with Crippen LogP contribution in [-0.2, 0) is 0 Å². The summed E-state index contributed by atoms with van der Waals surface area (Å²) >= 11 is 0. The van der Waals surface area contributed by atoms with Gasteiger partial charge in [-0.3, -0.25) is 4.79 Å². The summed E-state index contributed by atoms with van der Waals surface area (Å²) in [5.74, 6) is 0.774. The minimum Gasteiger partial charge on any atom is -0.339 e. The van der Waals surface area contributed by atoms with Gasteiger partial charge in [-0.15, -0.1) is 0 Å². The zero-order valence-electron chi connectivity index (χ0n) is 13.4. The molecular weight excluding hydrogens is 321 g/mol. The molecule has 4 rings (SSSR count). The second kappa shape index (κ2) is 6.47. The second-order valence-electron chi connectivity index (χ2n) is 6.13. The van der Waals surface area contributed by atoms with E-state index in [9.17, 15) is 9.18 Å². The molecule has 3 aromatic rings. The molecule has 0 atom stereocenters. The van der Waals surface area contributed by atoms with Gasteiger partial charge in [0, 0.05) is 22.7 Å². The number of hydrogen-bond donors (Lipinski definition) is 1. The number of carbonyl (C=O) groups is 1. The zero-order chi connectivity index (χ0) is 17.2. The van der Waals surface area contributed by atoms with Gasteiger partial charge in [0.15, 0.2) is 0 Å². The Morgan fingerprint density at radius 1 is 1.16 bits per heavy atom. The topological polar surface area (TPSA) is 68.0 Å². The molecule has 1 amide bonds. The normalized spacial score (nSPS) is 14.1. The molecule has 2 aromatic carbocycles. The number of hydrogen-bond acceptors (Lipinski definition) is 4. The molecule has 1 aliphatic rings. The van der Waals surface area contributed by atoms with Crippen molar-refractivity contribution >= 4 is 11.6 Å². The van der Waals surface area contributed by atoms with Crippen molar-refractivity contribution in [1.29, 1.82) is 0 Å². The zero-order valence-corrected chi connectivity index (χ0v) is 13.4. The Kier molecular flexibility index (Phi) is 4.01. The Bertz CT molecular complexity index is 918. The Morgan fingerprint density at radius 3 is 2.76 bits per heavy atom. The summed E-state index contributed by atoms with van der Waals surface area (Å²) in [4.78, 5) is 16.8. The van der Waals surface area contributed by atoms with E-state index >= 15 is 0 Å². The summed E-state index contributed by atoms with van der Waals surface area (Å²) < 4.78 is 18.6. The minimum atomic E-state index is -0.401. The van der Waals surface area contributed by atoms with Gasteiger partial charge in [0.05, 0.1) is 0 Å². The molecule has 5 nitrogen and oxygen atoms in total. The molecule has 1 N–H and O–H groups in total. The van der Waals surface area contributed by atoms with Crippen molar-refractivity contribution in [3.8, 4) is 11.4 Å². The monoisotopic (exact) mass is 337 g/mol. The van der Waals surface area contributed by atoms with Crippen LogP contribution in [0.2, 0.25) is 0 Å². The third-order valence-corrected chi connectivity index (χ3v) is 4.36. The van der Waals surface area contributed by atoms with Gasteiger partial charge in [0.25, 0.3) is 5.91 Å². The molecule has 6 heteroatoms. The predicted molar refractivity (Wildman–Crippen MR) is 90.7 cm³/mol. The van der Waals surface area contributed by atoms with E-state index in [1.165, 1.54) is 18.6 Å². The molecule has 0 unspecified atom stereocenters. The maximum absolute atomic E-state index is 13.2. The van der Waals surface area contributed by atoms with Crippen LogP contribution in [0, 0.1) is 5.82 Å². The molecule has 0 saturated heterocycles. The fraction of sp³-hybridized carbons (Fsp3) is 0.211. The molecule has 0 bridgehead atoms. The molecule has 25 heavy (non-hydrogen) atoms. The van der Waals surface area contributed by atoms with Gasteiger partial charge >= 0.3 is 0 Å². The minimum absolute atomic E-state index is 0.324. The Balaban J connectivity index is 1.54. The van der Waals surface area contributed by atoms with E-state index in [-0.39, 0.29) is 5.91 Å². The third kappa shape index (κ3) is 3.28. The van der Waals surface area contributed by atoms with Crippen LogP contribution in [0.4, 0.5) is 10.1 Å². The Morgan fingerprint density at radius 2 is 2.00 bits per heavy atom. The average Bonchev–Trinajstić information content (AvgIpc) is 3.03. The van der Waals surface area contributed by atoms with Gasteiger partial charge in [-0.25, -0.2) is 4.39 Å². The van der Waals surface area contributed by atoms with Gasteiger partial charge in [0.2, 0.25) is 11.7 Å². The Hall–Kier alpha value is -3.02. The fourth-order valence-corrected chi connectivity index (χ4v) is 2.74. The van der Waals surface area contributed by atoms with Gasteiger partial charge in [-0.1, -0.05) is 29.8 Å². The number of nitrogens with zero attached hydrogens (tertiary/aromatic N) is 2. The van der Waals surface area contributed by atoms with Crippen LogP contribution in [0.25, 0.3) is 11.4 Å². The summed E-state index contributed by atoms with van der Waals surface area (Å²) in [7, 11) is 0. The first kappa shape index (κ1) is 15.5. The largest absolute Gasteiger partial charge is 0.339 e. The molecule has 0 aliphatic heterocycles. The molecule has 1 aliphatic carbocycles. The molecule has 1 heterocycles. The number of carbonyl (C=O) groups excluding carboxylic acids is 1. The van der Waals surface area contributed by atoms with Crippen molar-refractivity contribution in [2.24, 2.45) is 0 Å². The lowest BCUT2D eigenvalue weighted by atomic mass is 9.85. The van der Waals surface area contributed by atoms with Gasteiger partial charge in [-0.05, 0) is 43.2 Å². The van der Waals surface area contributed by atoms with Crippen molar-refractivity contribution in [2.45, 2.75) is 25.2 Å². The highest BCUT2D eigenvalue weighted by Crippen LogP contribution is 2.36. The smallest absolute Gasteiger partial charge is 0.255 e. The average molecular weight is 337 g/mol. The van der Waals surface area contributed by atoms with E-state index < -0.39 is 5.82 Å². The summed E-state index contributed by atoms with van der Waals surface area (Å²) in [6.45, 7) is 0. The first-order valence-corrected chi connectivity index (χ1v) is 8.20. The van der Waals surface area contributed by atoms with Crippen LogP contribution in [0.3, 0.4) is 0 Å². The van der Waals surface area contributed by atoms with Crippen LogP contribution < -0.4 is 5.32 Å². The Labute approximate surface area is 143 Å². The first-order chi connectivity index (χ1) is 12.2. The highest BCUT2D eigenvalue weighted by molar-refractivity contribution is 6.04. The van der Waals surface area contributed by atoms with Crippen LogP contribution in [-0.4, -0.2) is 16.0 Å². The second-order valence-corrected chi connectivity index (χ2v) is 6.13. The quantitative estimate of drug-likeness (QED) is 0.766. The number of aromatic nitrogens is 2. The van der Waals surface area contributed by atoms with Gasteiger partial charge in [0.1, 0.15) is 5.82 Å². The SMILES string of the molecule is O=C(Nc1cccc(F)c1)c1cccc(-c2noc(C3CCC3)n2)c1. The molecule has 1 saturated carbocycles. The van der Waals surface area contributed by atoms with Crippen molar-refractivity contribution in [1.82, 2.24) is 10.1 Å². The van der Waals surface area contributed by atoms with Crippen molar-refractivity contribution in [3.05, 3.63) is 65.8 Å². The summed E-state index contributed by atoms with van der Waals surface area (Å²) in [5.41, 5.74) is 1.56. The third-order valence-electron chi connectivity index (χ3n) is 4.36. The van der Waals surface area contributed by atoms with Gasteiger partial charge < -0.3 is 9.84 Å². The lowest BCUT2D eigenvalue weighted by molar-refractivity contribution is 0.102. The van der Waals surface area contributed by atoms with Crippen molar-refractivity contribution in [2.75, 3.05) is 5.32 Å². The fourth-order valence-electron chi connectivity index (χ4n) is 2.74. The van der Waals surface area contributed by atoms with Crippen LogP contribution in [0.5, 0.6) is 0 Å². The lowest BCUT2D eigenvalue weighted by Gasteiger charge is -2.20. The van der Waals surface area contributed by atoms with Crippen LogP contribution in [0.1, 0.15) is 41.4 Å². The van der Waals surface area contributed by atoms with Crippen molar-refractivity contribution in [3.63, 3.8) is 0 Å².